The fourth-order valence-electron chi connectivity index (χ4n) is 3.49. The molecule has 27 heavy (non-hydrogen) atoms. The zero-order chi connectivity index (χ0) is 19.3. The SMILES string of the molecule is O=C(NCC1(N2CCOCC2)CCSCC1)C(=O)Nc1cc(F)ccc1F. The van der Waals surface area contributed by atoms with Gasteiger partial charge in [0.2, 0.25) is 0 Å². The van der Waals surface area contributed by atoms with Crippen LogP contribution in [0.2, 0.25) is 0 Å². The van der Waals surface area contributed by atoms with Gasteiger partial charge in [-0.3, -0.25) is 14.5 Å². The van der Waals surface area contributed by atoms with Crippen LogP contribution in [0, 0.1) is 11.6 Å². The number of carbonyl (C=O) groups excluding carboxylic acids is 2. The maximum Gasteiger partial charge on any atom is 0.313 e. The van der Waals surface area contributed by atoms with Gasteiger partial charge in [-0.1, -0.05) is 0 Å². The van der Waals surface area contributed by atoms with E-state index in [1.807, 2.05) is 11.8 Å². The molecule has 0 bridgehead atoms. The number of thioether (sulfide) groups is 1. The Morgan fingerprint density at radius 3 is 2.56 bits per heavy atom. The molecule has 2 N–H and O–H groups in total. The molecule has 0 radical (unpaired) electrons. The number of benzene rings is 1. The first kappa shape index (κ1) is 20.0. The van der Waals surface area contributed by atoms with Crippen molar-refractivity contribution in [1.82, 2.24) is 10.2 Å². The number of nitrogens with zero attached hydrogens (tertiary/aromatic N) is 1. The van der Waals surface area contributed by atoms with Crippen molar-refractivity contribution >= 4 is 29.3 Å². The van der Waals surface area contributed by atoms with Crippen LogP contribution in [-0.2, 0) is 14.3 Å². The van der Waals surface area contributed by atoms with E-state index < -0.39 is 23.4 Å². The van der Waals surface area contributed by atoms with E-state index >= 15 is 0 Å². The van der Waals surface area contributed by atoms with Crippen LogP contribution in [-0.4, -0.2) is 66.6 Å². The minimum absolute atomic E-state index is 0.199. The average Bonchev–Trinajstić information content (AvgIpc) is 2.70. The summed E-state index contributed by atoms with van der Waals surface area (Å²) in [6.45, 7) is 3.23. The smallest absolute Gasteiger partial charge is 0.313 e. The fourth-order valence-corrected chi connectivity index (χ4v) is 4.74. The van der Waals surface area contributed by atoms with Gasteiger partial charge in [-0.05, 0) is 36.5 Å². The molecular weight excluding hydrogens is 376 g/mol. The maximum absolute atomic E-state index is 13.6. The maximum atomic E-state index is 13.6. The molecule has 2 fully saturated rings. The van der Waals surface area contributed by atoms with E-state index in [1.54, 1.807) is 0 Å². The summed E-state index contributed by atoms with van der Waals surface area (Å²) < 4.78 is 32.3. The molecule has 0 unspecified atom stereocenters. The van der Waals surface area contributed by atoms with Gasteiger partial charge in [-0.15, -0.1) is 0 Å². The van der Waals surface area contributed by atoms with Gasteiger partial charge < -0.3 is 15.4 Å². The molecule has 9 heteroatoms. The molecule has 2 aliphatic heterocycles. The lowest BCUT2D eigenvalue weighted by atomic mass is 9.89. The third-order valence-corrected chi connectivity index (χ3v) is 6.05. The normalized spacial score (nSPS) is 20.1. The standard InChI is InChI=1S/C18H23F2N3O3S/c19-13-1-2-14(20)15(11-13)22-17(25)16(24)21-12-18(3-9-27-10-4-18)23-5-7-26-8-6-23/h1-2,11H,3-10,12H2,(H,21,24)(H,22,25). The minimum Gasteiger partial charge on any atom is -0.379 e. The second-order valence-electron chi connectivity index (χ2n) is 6.70. The first-order valence-corrected chi connectivity index (χ1v) is 10.1. The van der Waals surface area contributed by atoms with Crippen LogP contribution in [0.5, 0.6) is 0 Å². The molecule has 6 nitrogen and oxygen atoms in total. The third-order valence-electron chi connectivity index (χ3n) is 5.07. The van der Waals surface area contributed by atoms with Gasteiger partial charge >= 0.3 is 11.8 Å². The van der Waals surface area contributed by atoms with Crippen molar-refractivity contribution in [2.75, 3.05) is 49.7 Å². The first-order valence-electron chi connectivity index (χ1n) is 8.95. The van der Waals surface area contributed by atoms with E-state index in [1.165, 1.54) is 0 Å². The molecule has 1 aromatic carbocycles. The highest BCUT2D eigenvalue weighted by atomic mass is 32.2. The molecular formula is C18H23F2N3O3S. The number of carbonyl (C=O) groups is 2. The number of halogens is 2. The number of morpholine rings is 1. The molecule has 0 aliphatic carbocycles. The Labute approximate surface area is 161 Å². The number of ether oxygens (including phenoxy) is 1. The van der Waals surface area contributed by atoms with Crippen LogP contribution in [0.25, 0.3) is 0 Å². The van der Waals surface area contributed by atoms with E-state index in [4.69, 9.17) is 4.74 Å². The van der Waals surface area contributed by atoms with Crippen LogP contribution >= 0.6 is 11.8 Å². The van der Waals surface area contributed by atoms with Gasteiger partial charge in [-0.2, -0.15) is 11.8 Å². The van der Waals surface area contributed by atoms with Crippen LogP contribution in [0.4, 0.5) is 14.5 Å². The zero-order valence-electron chi connectivity index (χ0n) is 14.9. The summed E-state index contributed by atoms with van der Waals surface area (Å²) in [4.78, 5) is 26.6. The van der Waals surface area contributed by atoms with Crippen LogP contribution in [0.3, 0.4) is 0 Å². The first-order chi connectivity index (χ1) is 13.0. The van der Waals surface area contributed by atoms with Crippen molar-refractivity contribution in [2.24, 2.45) is 0 Å². The number of amides is 2. The lowest BCUT2D eigenvalue weighted by Crippen LogP contribution is -2.61. The average molecular weight is 399 g/mol. The lowest BCUT2D eigenvalue weighted by molar-refractivity contribution is -0.136. The van der Waals surface area contributed by atoms with Gasteiger partial charge in [0.25, 0.3) is 0 Å². The largest absolute Gasteiger partial charge is 0.379 e. The van der Waals surface area contributed by atoms with E-state index in [-0.39, 0.29) is 11.2 Å². The topological polar surface area (TPSA) is 70.7 Å². The fraction of sp³-hybridized carbons (Fsp3) is 0.556. The lowest BCUT2D eigenvalue weighted by Gasteiger charge is -2.47. The van der Waals surface area contributed by atoms with Gasteiger partial charge in [-0.25, -0.2) is 8.78 Å². The van der Waals surface area contributed by atoms with Crippen molar-refractivity contribution in [3.8, 4) is 0 Å². The zero-order valence-corrected chi connectivity index (χ0v) is 15.7. The summed E-state index contributed by atoms with van der Waals surface area (Å²) in [5.74, 6) is -1.38. The number of rotatable bonds is 4. The number of anilines is 1. The molecule has 2 aliphatic rings. The van der Waals surface area contributed by atoms with Crippen molar-refractivity contribution < 1.29 is 23.1 Å². The molecule has 0 saturated carbocycles. The molecule has 0 aromatic heterocycles. The predicted octanol–water partition coefficient (Wildman–Crippen LogP) is 1.62. The summed E-state index contributed by atoms with van der Waals surface area (Å²) >= 11 is 1.88. The highest BCUT2D eigenvalue weighted by Gasteiger charge is 2.39. The Balaban J connectivity index is 1.61. The highest BCUT2D eigenvalue weighted by molar-refractivity contribution is 7.99. The predicted molar refractivity (Wildman–Crippen MR) is 99.7 cm³/mol. The van der Waals surface area contributed by atoms with Crippen molar-refractivity contribution in [2.45, 2.75) is 18.4 Å². The van der Waals surface area contributed by atoms with Crippen LogP contribution in [0.15, 0.2) is 18.2 Å². The Bertz CT molecular complexity index is 692. The molecule has 148 valence electrons. The second kappa shape index (κ2) is 8.99. The molecule has 2 saturated heterocycles. The summed E-state index contributed by atoms with van der Waals surface area (Å²) in [5.41, 5.74) is -0.554. The van der Waals surface area contributed by atoms with Crippen molar-refractivity contribution in [1.29, 1.82) is 0 Å². The Kier molecular flexibility index (Phi) is 6.67. The van der Waals surface area contributed by atoms with Gasteiger partial charge in [0.1, 0.15) is 11.6 Å². The van der Waals surface area contributed by atoms with Gasteiger partial charge in [0, 0.05) is 31.2 Å². The second-order valence-corrected chi connectivity index (χ2v) is 7.92. The van der Waals surface area contributed by atoms with Crippen molar-refractivity contribution in [3.05, 3.63) is 29.8 Å². The summed E-state index contributed by atoms with van der Waals surface area (Å²) in [6, 6.07) is 2.68. The molecule has 1 aromatic rings. The van der Waals surface area contributed by atoms with E-state index in [0.717, 1.165) is 55.6 Å². The summed E-state index contributed by atoms with van der Waals surface area (Å²) in [6.07, 6.45) is 1.83. The minimum atomic E-state index is -1.01. The number of nitrogens with one attached hydrogen (secondary N) is 2. The summed E-state index contributed by atoms with van der Waals surface area (Å²) in [7, 11) is 0. The number of hydrogen-bond acceptors (Lipinski definition) is 5. The number of hydrogen-bond donors (Lipinski definition) is 2. The van der Waals surface area contributed by atoms with Gasteiger partial charge in [0.05, 0.1) is 18.9 Å². The van der Waals surface area contributed by atoms with Crippen LogP contribution in [0.1, 0.15) is 12.8 Å². The van der Waals surface area contributed by atoms with Gasteiger partial charge in [0.15, 0.2) is 0 Å². The third kappa shape index (κ3) is 4.97. The van der Waals surface area contributed by atoms with E-state index in [9.17, 15) is 18.4 Å². The molecule has 3 rings (SSSR count). The summed E-state index contributed by atoms with van der Waals surface area (Å²) in [5, 5.41) is 4.81. The monoisotopic (exact) mass is 399 g/mol. The van der Waals surface area contributed by atoms with Crippen molar-refractivity contribution in [3.63, 3.8) is 0 Å². The molecule has 2 amide bonds. The van der Waals surface area contributed by atoms with Crippen LogP contribution < -0.4 is 10.6 Å². The van der Waals surface area contributed by atoms with E-state index in [2.05, 4.69) is 15.5 Å². The molecule has 0 atom stereocenters. The Morgan fingerprint density at radius 1 is 1.15 bits per heavy atom. The highest BCUT2D eigenvalue weighted by Crippen LogP contribution is 2.32. The quantitative estimate of drug-likeness (QED) is 0.753. The molecule has 0 spiro atoms. The van der Waals surface area contributed by atoms with E-state index in [0.29, 0.717) is 19.8 Å². The Hall–Kier alpha value is -1.71. The Morgan fingerprint density at radius 2 is 1.85 bits per heavy atom. The molecule has 2 heterocycles.